The molecule has 7 nitrogen and oxygen atoms in total. The first-order valence-electron chi connectivity index (χ1n) is 7.16. The molecule has 0 saturated heterocycles. The van der Waals surface area contributed by atoms with Gasteiger partial charge in [0.15, 0.2) is 16.4 Å². The maximum atomic E-state index is 13.1. The molecule has 126 valence electrons. The Labute approximate surface area is 144 Å². The Morgan fingerprint density at radius 3 is 2.71 bits per heavy atom. The molecule has 3 N–H and O–H groups in total. The van der Waals surface area contributed by atoms with Crippen molar-refractivity contribution in [3.8, 4) is 0 Å². The van der Waals surface area contributed by atoms with Gasteiger partial charge in [-0.15, -0.1) is 5.10 Å². The number of nitrogens with two attached hydrogens (primary N) is 1. The van der Waals surface area contributed by atoms with Crippen LogP contribution in [0.1, 0.15) is 11.4 Å². The van der Waals surface area contributed by atoms with Gasteiger partial charge in [0.1, 0.15) is 0 Å². The van der Waals surface area contributed by atoms with Crippen LogP contribution < -0.4 is 11.1 Å². The molecule has 2 aromatic heterocycles. The van der Waals surface area contributed by atoms with Gasteiger partial charge in [-0.25, -0.2) is 17.9 Å². The van der Waals surface area contributed by atoms with Crippen LogP contribution in [0.2, 0.25) is 5.02 Å². The second-order valence-electron chi connectivity index (χ2n) is 5.22. The number of nitrogens with zero attached hydrogens (tertiary/aromatic N) is 3. The van der Waals surface area contributed by atoms with Crippen LogP contribution in [0.15, 0.2) is 40.1 Å². The molecule has 0 bridgehead atoms. The number of halogens is 1. The van der Waals surface area contributed by atoms with E-state index in [0.29, 0.717) is 10.7 Å². The van der Waals surface area contributed by atoms with Crippen molar-refractivity contribution in [1.29, 1.82) is 0 Å². The number of aryl methyl sites for hydroxylation is 1. The highest BCUT2D eigenvalue weighted by molar-refractivity contribution is 7.91. The molecule has 2 heterocycles. The first-order chi connectivity index (χ1) is 11.4. The zero-order valence-corrected chi connectivity index (χ0v) is 14.7. The maximum absolute atomic E-state index is 13.1. The third-order valence-electron chi connectivity index (χ3n) is 3.60. The van der Waals surface area contributed by atoms with Crippen molar-refractivity contribution < 1.29 is 8.42 Å². The molecule has 0 saturated carbocycles. The van der Waals surface area contributed by atoms with Crippen molar-refractivity contribution >= 4 is 32.9 Å². The minimum atomic E-state index is -3.86. The summed E-state index contributed by atoms with van der Waals surface area (Å²) in [4.78, 5) is 4.45. The zero-order valence-electron chi connectivity index (χ0n) is 13.1. The molecule has 1 aromatic carbocycles. The SMILES string of the molecule is CNc1nn2c(C)cc(CN)nc2c1S(=O)(=O)c1cccc(Cl)c1. The first-order valence-corrected chi connectivity index (χ1v) is 9.02. The van der Waals surface area contributed by atoms with Crippen LogP contribution in [-0.2, 0) is 16.4 Å². The largest absolute Gasteiger partial charge is 0.370 e. The number of rotatable bonds is 4. The third-order valence-corrected chi connectivity index (χ3v) is 5.62. The Morgan fingerprint density at radius 2 is 2.08 bits per heavy atom. The molecular formula is C15H16ClN5O2S. The molecule has 0 aliphatic heterocycles. The van der Waals surface area contributed by atoms with Crippen LogP contribution in [0.3, 0.4) is 0 Å². The highest BCUT2D eigenvalue weighted by atomic mass is 35.5. The van der Waals surface area contributed by atoms with Crippen LogP contribution in [0.4, 0.5) is 5.82 Å². The standard InChI is InChI=1S/C15H16ClN5O2S/c1-9-6-11(8-17)19-15-13(14(18-2)20-21(9)15)24(22,23)12-5-3-4-10(16)7-12/h3-7H,8,17H2,1-2H3,(H,18,20). The molecule has 0 unspecified atom stereocenters. The van der Waals surface area contributed by atoms with Gasteiger partial charge in [-0.2, -0.15) is 0 Å². The number of sulfone groups is 1. The summed E-state index contributed by atoms with van der Waals surface area (Å²) in [5.74, 6) is 0.222. The first kappa shape index (κ1) is 16.7. The molecule has 0 spiro atoms. The highest BCUT2D eigenvalue weighted by Crippen LogP contribution is 2.31. The van der Waals surface area contributed by atoms with Crippen molar-refractivity contribution in [3.05, 3.63) is 46.7 Å². The fourth-order valence-corrected chi connectivity index (χ4v) is 4.28. The summed E-state index contributed by atoms with van der Waals surface area (Å²) in [7, 11) is -2.25. The topological polar surface area (TPSA) is 102 Å². The smallest absolute Gasteiger partial charge is 0.214 e. The van der Waals surface area contributed by atoms with Crippen LogP contribution in [0, 0.1) is 6.92 Å². The van der Waals surface area contributed by atoms with Gasteiger partial charge in [0.25, 0.3) is 0 Å². The van der Waals surface area contributed by atoms with Gasteiger partial charge in [0.2, 0.25) is 9.84 Å². The van der Waals surface area contributed by atoms with Crippen molar-refractivity contribution in [1.82, 2.24) is 14.6 Å². The monoisotopic (exact) mass is 365 g/mol. The number of benzene rings is 1. The Morgan fingerprint density at radius 1 is 1.33 bits per heavy atom. The van der Waals surface area contributed by atoms with Gasteiger partial charge in [-0.05, 0) is 31.2 Å². The number of nitrogens with one attached hydrogen (secondary N) is 1. The lowest BCUT2D eigenvalue weighted by atomic mass is 10.3. The van der Waals surface area contributed by atoms with Crippen LogP contribution in [-0.4, -0.2) is 30.1 Å². The Bertz CT molecular complexity index is 1030. The lowest BCUT2D eigenvalue weighted by Crippen LogP contribution is -2.08. The molecule has 0 aliphatic carbocycles. The van der Waals surface area contributed by atoms with E-state index < -0.39 is 9.84 Å². The van der Waals surface area contributed by atoms with E-state index in [1.807, 2.05) is 6.92 Å². The molecule has 3 rings (SSSR count). The Balaban J connectivity index is 2.37. The summed E-state index contributed by atoms with van der Waals surface area (Å²) in [6.07, 6.45) is 0. The van der Waals surface area contributed by atoms with Crippen LogP contribution in [0.5, 0.6) is 0 Å². The van der Waals surface area contributed by atoms with Gasteiger partial charge in [-0.1, -0.05) is 17.7 Å². The van der Waals surface area contributed by atoms with Gasteiger partial charge in [0.05, 0.1) is 10.6 Å². The molecule has 3 aromatic rings. The van der Waals surface area contributed by atoms with Crippen molar-refractivity contribution in [2.75, 3.05) is 12.4 Å². The minimum absolute atomic E-state index is 0.00525. The summed E-state index contributed by atoms with van der Waals surface area (Å²) in [6.45, 7) is 2.02. The zero-order chi connectivity index (χ0) is 17.5. The lowest BCUT2D eigenvalue weighted by Gasteiger charge is -2.06. The Hall–Kier alpha value is -2.16. The average Bonchev–Trinajstić information content (AvgIpc) is 2.94. The van der Waals surface area contributed by atoms with E-state index in [4.69, 9.17) is 17.3 Å². The van der Waals surface area contributed by atoms with Gasteiger partial charge in [-0.3, -0.25) is 0 Å². The molecule has 24 heavy (non-hydrogen) atoms. The van der Waals surface area contributed by atoms with Gasteiger partial charge in [0, 0.05) is 24.3 Å². The quantitative estimate of drug-likeness (QED) is 0.733. The van der Waals surface area contributed by atoms with E-state index in [9.17, 15) is 8.42 Å². The molecule has 0 radical (unpaired) electrons. The third kappa shape index (κ3) is 2.62. The summed E-state index contributed by atoms with van der Waals surface area (Å²) in [6, 6.07) is 7.87. The van der Waals surface area contributed by atoms with Gasteiger partial charge >= 0.3 is 0 Å². The predicted octanol–water partition coefficient (Wildman–Crippen LogP) is 2.02. The van der Waals surface area contributed by atoms with E-state index >= 15 is 0 Å². The number of anilines is 1. The second kappa shape index (κ2) is 6.04. The Kier molecular flexibility index (Phi) is 4.20. The van der Waals surface area contributed by atoms with Crippen molar-refractivity contribution in [3.63, 3.8) is 0 Å². The van der Waals surface area contributed by atoms with Gasteiger partial charge < -0.3 is 11.1 Å². The average molecular weight is 366 g/mol. The lowest BCUT2D eigenvalue weighted by molar-refractivity contribution is 0.597. The minimum Gasteiger partial charge on any atom is -0.370 e. The van der Waals surface area contributed by atoms with E-state index in [2.05, 4.69) is 15.4 Å². The molecule has 0 amide bonds. The summed E-state index contributed by atoms with van der Waals surface area (Å²) in [5.41, 5.74) is 7.23. The van der Waals surface area contributed by atoms with E-state index in [-0.39, 0.29) is 27.8 Å². The molecule has 0 aliphatic rings. The van der Waals surface area contributed by atoms with E-state index in [0.717, 1.165) is 5.69 Å². The van der Waals surface area contributed by atoms with E-state index in [1.54, 1.807) is 25.2 Å². The normalized spacial score (nSPS) is 11.8. The molecule has 0 fully saturated rings. The number of hydrogen-bond donors (Lipinski definition) is 2. The number of aromatic nitrogens is 3. The van der Waals surface area contributed by atoms with E-state index in [1.165, 1.54) is 16.6 Å². The second-order valence-corrected chi connectivity index (χ2v) is 7.54. The number of hydrogen-bond acceptors (Lipinski definition) is 6. The summed E-state index contributed by atoms with van der Waals surface area (Å²) < 4.78 is 27.7. The fourth-order valence-electron chi connectivity index (χ4n) is 2.48. The molecule has 0 atom stereocenters. The highest BCUT2D eigenvalue weighted by Gasteiger charge is 2.29. The summed E-state index contributed by atoms with van der Waals surface area (Å²) in [5, 5.41) is 7.47. The summed E-state index contributed by atoms with van der Waals surface area (Å²) >= 11 is 5.94. The fraction of sp³-hybridized carbons (Fsp3) is 0.200. The maximum Gasteiger partial charge on any atom is 0.214 e. The molecule has 9 heteroatoms. The van der Waals surface area contributed by atoms with Crippen molar-refractivity contribution in [2.24, 2.45) is 5.73 Å². The van der Waals surface area contributed by atoms with Crippen LogP contribution in [0.25, 0.3) is 5.65 Å². The molecular weight excluding hydrogens is 350 g/mol. The predicted molar refractivity (Wildman–Crippen MR) is 92.1 cm³/mol. The van der Waals surface area contributed by atoms with Crippen LogP contribution >= 0.6 is 11.6 Å². The van der Waals surface area contributed by atoms with Crippen molar-refractivity contribution in [2.45, 2.75) is 23.3 Å². The number of fused-ring (bicyclic) bond motifs is 1.